The first-order valence-corrected chi connectivity index (χ1v) is 6.44. The summed E-state index contributed by atoms with van der Waals surface area (Å²) in [4.78, 5) is 0. The molecule has 0 amide bonds. The topological polar surface area (TPSA) is 12.0 Å². The highest BCUT2D eigenvalue weighted by molar-refractivity contribution is 7.17. The van der Waals surface area contributed by atoms with Crippen LogP contribution in [0, 0.1) is 0 Å². The van der Waals surface area contributed by atoms with E-state index in [4.69, 9.17) is 0 Å². The fourth-order valence-electron chi connectivity index (χ4n) is 2.63. The summed E-state index contributed by atoms with van der Waals surface area (Å²) in [5, 5.41) is 7.04. The fourth-order valence-corrected chi connectivity index (χ4v) is 3.61. The van der Waals surface area contributed by atoms with Gasteiger partial charge in [-0.25, -0.2) is 0 Å². The molecule has 3 rings (SSSR count). The van der Waals surface area contributed by atoms with E-state index in [2.05, 4.69) is 35.9 Å². The van der Waals surface area contributed by atoms with Crippen molar-refractivity contribution < 1.29 is 0 Å². The van der Waals surface area contributed by atoms with Crippen LogP contribution in [0.25, 0.3) is 10.1 Å². The summed E-state index contributed by atoms with van der Waals surface area (Å²) in [6, 6.07) is 7.37. The van der Waals surface area contributed by atoms with Crippen LogP contribution in [0.1, 0.15) is 30.0 Å². The van der Waals surface area contributed by atoms with Gasteiger partial charge in [0.1, 0.15) is 0 Å². The molecular formula is C13H15NS. The predicted octanol–water partition coefficient (Wildman–Crippen LogP) is 3.50. The zero-order valence-corrected chi connectivity index (χ0v) is 9.73. The normalized spacial score (nSPS) is 20.5. The Kier molecular flexibility index (Phi) is 2.26. The van der Waals surface area contributed by atoms with E-state index >= 15 is 0 Å². The number of fused-ring (bicyclic) bond motifs is 3. The monoisotopic (exact) mass is 217 g/mol. The van der Waals surface area contributed by atoms with Crippen molar-refractivity contribution in [3.8, 4) is 0 Å². The summed E-state index contributed by atoms with van der Waals surface area (Å²) >= 11 is 1.89. The van der Waals surface area contributed by atoms with Crippen molar-refractivity contribution in [2.45, 2.75) is 25.3 Å². The molecule has 0 saturated carbocycles. The largest absolute Gasteiger partial charge is 0.313 e. The molecule has 0 aliphatic heterocycles. The second-order valence-electron chi connectivity index (χ2n) is 4.21. The van der Waals surface area contributed by atoms with Gasteiger partial charge in [0.25, 0.3) is 0 Å². The molecule has 0 fully saturated rings. The number of thiophene rings is 1. The minimum absolute atomic E-state index is 0.570. The van der Waals surface area contributed by atoms with E-state index in [-0.39, 0.29) is 0 Å². The summed E-state index contributed by atoms with van der Waals surface area (Å²) in [6.07, 6.45) is 3.85. The number of aryl methyl sites for hydroxylation is 1. The van der Waals surface area contributed by atoms with Crippen LogP contribution >= 0.6 is 11.3 Å². The van der Waals surface area contributed by atoms with Crippen molar-refractivity contribution in [1.29, 1.82) is 0 Å². The third-order valence-corrected chi connectivity index (χ3v) is 4.39. The Morgan fingerprint density at radius 2 is 2.27 bits per heavy atom. The molecule has 15 heavy (non-hydrogen) atoms. The second-order valence-corrected chi connectivity index (χ2v) is 5.12. The Hall–Kier alpha value is -0.860. The Balaban J connectivity index is 2.24. The molecule has 1 heterocycles. The highest BCUT2D eigenvalue weighted by Gasteiger charge is 2.20. The van der Waals surface area contributed by atoms with Crippen LogP contribution < -0.4 is 5.32 Å². The number of hydrogen-bond donors (Lipinski definition) is 1. The second kappa shape index (κ2) is 3.62. The summed E-state index contributed by atoms with van der Waals surface area (Å²) in [6.45, 7) is 0. The molecule has 1 aliphatic rings. The van der Waals surface area contributed by atoms with E-state index < -0.39 is 0 Å². The lowest BCUT2D eigenvalue weighted by atomic mass is 9.87. The molecule has 0 radical (unpaired) electrons. The maximum absolute atomic E-state index is 3.42. The SMILES string of the molecule is CNC1CCCc2c1ccc1ccsc21. The van der Waals surface area contributed by atoms with Gasteiger partial charge in [0.15, 0.2) is 0 Å². The summed E-state index contributed by atoms with van der Waals surface area (Å²) in [5.41, 5.74) is 3.12. The molecule has 0 saturated heterocycles. The third-order valence-electron chi connectivity index (χ3n) is 3.40. The van der Waals surface area contributed by atoms with E-state index in [1.165, 1.54) is 34.9 Å². The predicted molar refractivity (Wildman–Crippen MR) is 66.6 cm³/mol. The van der Waals surface area contributed by atoms with Gasteiger partial charge in [-0.2, -0.15) is 0 Å². The Labute approximate surface area is 94.1 Å². The molecule has 1 nitrogen and oxygen atoms in total. The number of hydrogen-bond acceptors (Lipinski definition) is 2. The van der Waals surface area contributed by atoms with Gasteiger partial charge in [0, 0.05) is 10.7 Å². The van der Waals surface area contributed by atoms with Crippen molar-refractivity contribution in [1.82, 2.24) is 5.32 Å². The molecule has 2 aromatic rings. The van der Waals surface area contributed by atoms with Gasteiger partial charge in [0.05, 0.1) is 0 Å². The maximum atomic E-state index is 3.42. The van der Waals surface area contributed by atoms with Gasteiger partial charge in [0.2, 0.25) is 0 Å². The smallest absolute Gasteiger partial charge is 0.0378 e. The Morgan fingerprint density at radius 1 is 1.33 bits per heavy atom. The summed E-state index contributed by atoms with van der Waals surface area (Å²) < 4.78 is 1.51. The van der Waals surface area contributed by atoms with E-state index in [0.29, 0.717) is 6.04 Å². The van der Waals surface area contributed by atoms with E-state index in [1.807, 2.05) is 11.3 Å². The fraction of sp³-hybridized carbons (Fsp3) is 0.385. The number of benzene rings is 1. The van der Waals surface area contributed by atoms with Crippen molar-refractivity contribution in [2.24, 2.45) is 0 Å². The molecule has 0 bridgehead atoms. The molecule has 1 atom stereocenters. The first-order valence-electron chi connectivity index (χ1n) is 5.56. The molecule has 78 valence electrons. The average Bonchev–Trinajstić information content (AvgIpc) is 2.76. The van der Waals surface area contributed by atoms with Gasteiger partial charge in [-0.05, 0) is 54.3 Å². The molecule has 1 N–H and O–H groups in total. The molecule has 1 unspecified atom stereocenters. The van der Waals surface area contributed by atoms with E-state index in [0.717, 1.165) is 0 Å². The van der Waals surface area contributed by atoms with Gasteiger partial charge < -0.3 is 5.32 Å². The van der Waals surface area contributed by atoms with Crippen molar-refractivity contribution in [3.63, 3.8) is 0 Å². The maximum Gasteiger partial charge on any atom is 0.0378 e. The molecule has 2 heteroatoms. The lowest BCUT2D eigenvalue weighted by Crippen LogP contribution is -2.21. The summed E-state index contributed by atoms with van der Waals surface area (Å²) in [5.74, 6) is 0. The number of nitrogens with one attached hydrogen (secondary N) is 1. The van der Waals surface area contributed by atoms with Crippen LogP contribution in [0.4, 0.5) is 0 Å². The molecular weight excluding hydrogens is 202 g/mol. The van der Waals surface area contributed by atoms with Crippen molar-refractivity contribution >= 4 is 21.4 Å². The van der Waals surface area contributed by atoms with Gasteiger partial charge in [-0.1, -0.05) is 12.1 Å². The highest BCUT2D eigenvalue weighted by atomic mass is 32.1. The van der Waals surface area contributed by atoms with Gasteiger partial charge >= 0.3 is 0 Å². The van der Waals surface area contributed by atoms with Crippen molar-refractivity contribution in [3.05, 3.63) is 34.7 Å². The van der Waals surface area contributed by atoms with Crippen LogP contribution in [0.3, 0.4) is 0 Å². The quantitative estimate of drug-likeness (QED) is 0.771. The first kappa shape index (κ1) is 9.37. The standard InChI is InChI=1S/C13H15NS/c1-14-12-4-2-3-11-10(12)6-5-9-7-8-15-13(9)11/h5-8,12,14H,2-4H2,1H3. The van der Waals surface area contributed by atoms with Crippen LogP contribution in [-0.2, 0) is 6.42 Å². The van der Waals surface area contributed by atoms with E-state index in [9.17, 15) is 0 Å². The van der Waals surface area contributed by atoms with Crippen LogP contribution in [0.5, 0.6) is 0 Å². The minimum atomic E-state index is 0.570. The molecule has 1 aromatic heterocycles. The molecule has 1 aromatic carbocycles. The lowest BCUT2D eigenvalue weighted by Gasteiger charge is -2.25. The molecule has 0 spiro atoms. The van der Waals surface area contributed by atoms with E-state index in [1.54, 1.807) is 5.56 Å². The average molecular weight is 217 g/mol. The van der Waals surface area contributed by atoms with Crippen LogP contribution in [0.2, 0.25) is 0 Å². The lowest BCUT2D eigenvalue weighted by molar-refractivity contribution is 0.499. The third kappa shape index (κ3) is 1.40. The zero-order valence-electron chi connectivity index (χ0n) is 8.92. The first-order chi connectivity index (χ1) is 7.40. The molecule has 1 aliphatic carbocycles. The Bertz CT molecular complexity index is 486. The van der Waals surface area contributed by atoms with Crippen LogP contribution in [-0.4, -0.2) is 7.05 Å². The minimum Gasteiger partial charge on any atom is -0.313 e. The van der Waals surface area contributed by atoms with Gasteiger partial charge in [-0.15, -0.1) is 11.3 Å². The Morgan fingerprint density at radius 3 is 3.13 bits per heavy atom. The van der Waals surface area contributed by atoms with Crippen LogP contribution in [0.15, 0.2) is 23.6 Å². The van der Waals surface area contributed by atoms with Gasteiger partial charge in [-0.3, -0.25) is 0 Å². The number of rotatable bonds is 1. The highest BCUT2D eigenvalue weighted by Crippen LogP contribution is 2.36. The summed E-state index contributed by atoms with van der Waals surface area (Å²) in [7, 11) is 2.07. The van der Waals surface area contributed by atoms with Crippen molar-refractivity contribution in [2.75, 3.05) is 7.05 Å². The zero-order chi connectivity index (χ0) is 10.3.